The summed E-state index contributed by atoms with van der Waals surface area (Å²) in [4.78, 5) is 12.0. The van der Waals surface area contributed by atoms with Crippen LogP contribution in [0.3, 0.4) is 0 Å². The van der Waals surface area contributed by atoms with Gasteiger partial charge >= 0.3 is 5.56 Å². The molecule has 19 heavy (non-hydrogen) atoms. The summed E-state index contributed by atoms with van der Waals surface area (Å²) in [5.74, 6) is 0.0187. The molecule has 2 rings (SSSR count). The van der Waals surface area contributed by atoms with Crippen molar-refractivity contribution in [3.05, 3.63) is 52.2 Å². The number of hydrogen-bond donors (Lipinski definition) is 1. The van der Waals surface area contributed by atoms with Crippen LogP contribution in [-0.2, 0) is 6.61 Å². The zero-order valence-corrected chi connectivity index (χ0v) is 11.1. The summed E-state index contributed by atoms with van der Waals surface area (Å²) in [6.07, 6.45) is 0. The number of hydrogen-bond acceptors (Lipinski definition) is 4. The number of halogens is 1. The van der Waals surface area contributed by atoms with Crippen molar-refractivity contribution in [2.24, 2.45) is 0 Å². The Morgan fingerprint density at radius 1 is 1.42 bits per heavy atom. The molecule has 0 amide bonds. The quantitative estimate of drug-likeness (QED) is 0.867. The van der Waals surface area contributed by atoms with Crippen LogP contribution in [0.5, 0.6) is 11.5 Å². The van der Waals surface area contributed by atoms with Crippen LogP contribution < -0.4 is 10.3 Å². The average molecular weight is 282 g/mol. The third-order valence-corrected chi connectivity index (χ3v) is 3.07. The molecule has 0 saturated heterocycles. The lowest BCUT2D eigenvalue weighted by Gasteiger charge is -2.09. The maximum Gasteiger partial charge on any atom is 0.312 e. The van der Waals surface area contributed by atoms with Crippen LogP contribution in [0, 0.1) is 5.82 Å². The van der Waals surface area contributed by atoms with Gasteiger partial charge in [-0.2, -0.15) is 5.10 Å². The minimum absolute atomic E-state index is 0.0556. The van der Waals surface area contributed by atoms with Gasteiger partial charge in [-0.05, 0) is 30.9 Å². The molecule has 0 aliphatic carbocycles. The fraction of sp³-hybridized carbons (Fsp3) is 0.167. The molecule has 1 heterocycles. The van der Waals surface area contributed by atoms with E-state index in [1.165, 1.54) is 34.8 Å². The first kappa shape index (κ1) is 13.6. The van der Waals surface area contributed by atoms with Crippen LogP contribution in [0.2, 0.25) is 0 Å². The van der Waals surface area contributed by atoms with Gasteiger partial charge in [-0.1, -0.05) is 0 Å². The van der Waals surface area contributed by atoms with Crippen LogP contribution >= 0.6 is 8.73 Å². The molecule has 7 heteroatoms. The van der Waals surface area contributed by atoms with Gasteiger partial charge in [0.1, 0.15) is 11.6 Å². The molecule has 0 radical (unpaired) electrons. The molecule has 5 nitrogen and oxygen atoms in total. The minimum atomic E-state index is -0.387. The van der Waals surface area contributed by atoms with Crippen molar-refractivity contribution in [1.82, 2.24) is 9.55 Å². The maximum atomic E-state index is 12.8. The van der Waals surface area contributed by atoms with Crippen LogP contribution in [0.15, 0.2) is 35.1 Å². The Hall–Kier alpha value is -1.78. The first-order chi connectivity index (χ1) is 9.13. The SMILES string of the molecule is CPn1nc(CO)cc(Oc2ccc(F)cc2)c1=O. The van der Waals surface area contributed by atoms with Crippen molar-refractivity contribution in [2.45, 2.75) is 6.61 Å². The van der Waals surface area contributed by atoms with Crippen LogP contribution in [-0.4, -0.2) is 21.3 Å². The Morgan fingerprint density at radius 3 is 2.68 bits per heavy atom. The number of nitrogens with zero attached hydrogens (tertiary/aromatic N) is 2. The van der Waals surface area contributed by atoms with Gasteiger partial charge in [0, 0.05) is 14.8 Å². The van der Waals surface area contributed by atoms with E-state index in [-0.39, 0.29) is 32.5 Å². The van der Waals surface area contributed by atoms with Crippen LogP contribution in [0.25, 0.3) is 0 Å². The molecule has 0 aliphatic rings. The van der Waals surface area contributed by atoms with E-state index in [0.717, 1.165) is 0 Å². The van der Waals surface area contributed by atoms with Crippen molar-refractivity contribution < 1.29 is 14.2 Å². The smallest absolute Gasteiger partial charge is 0.312 e. The molecule has 0 bridgehead atoms. The summed E-state index contributed by atoms with van der Waals surface area (Å²) >= 11 is 0. The molecular formula is C12H12FN2O3P. The highest BCUT2D eigenvalue weighted by Crippen LogP contribution is 2.19. The van der Waals surface area contributed by atoms with Crippen molar-refractivity contribution >= 4 is 8.73 Å². The topological polar surface area (TPSA) is 64.3 Å². The Labute approximate surface area is 110 Å². The van der Waals surface area contributed by atoms with E-state index in [9.17, 15) is 9.18 Å². The van der Waals surface area contributed by atoms with E-state index in [1.807, 2.05) is 0 Å². The monoisotopic (exact) mass is 282 g/mol. The number of rotatable bonds is 4. The molecule has 1 aromatic heterocycles. The summed E-state index contributed by atoms with van der Waals surface area (Å²) in [6.45, 7) is 1.50. The minimum Gasteiger partial charge on any atom is -0.451 e. The number of aromatic nitrogens is 2. The van der Waals surface area contributed by atoms with E-state index < -0.39 is 0 Å². The first-order valence-electron chi connectivity index (χ1n) is 5.49. The summed E-state index contributed by atoms with van der Waals surface area (Å²) in [5, 5.41) is 13.0. The predicted molar refractivity (Wildman–Crippen MR) is 70.5 cm³/mol. The highest BCUT2D eigenvalue weighted by molar-refractivity contribution is 7.34. The van der Waals surface area contributed by atoms with Gasteiger partial charge < -0.3 is 9.84 Å². The molecule has 1 N–H and O–H groups in total. The second-order valence-corrected chi connectivity index (χ2v) is 4.53. The van der Waals surface area contributed by atoms with Gasteiger partial charge in [-0.3, -0.25) is 4.79 Å². The Morgan fingerprint density at radius 2 is 2.11 bits per heavy atom. The van der Waals surface area contributed by atoms with Crippen molar-refractivity contribution in [1.29, 1.82) is 0 Å². The predicted octanol–water partition coefficient (Wildman–Crippen LogP) is 1.74. The molecule has 100 valence electrons. The lowest BCUT2D eigenvalue weighted by Crippen LogP contribution is -2.19. The van der Waals surface area contributed by atoms with Crippen molar-refractivity contribution in [3.63, 3.8) is 0 Å². The molecular weight excluding hydrogens is 270 g/mol. The summed E-state index contributed by atoms with van der Waals surface area (Å²) in [7, 11) is 0.125. The van der Waals surface area contributed by atoms with Crippen molar-refractivity contribution in [3.8, 4) is 11.5 Å². The molecule has 0 fully saturated rings. The van der Waals surface area contributed by atoms with E-state index in [4.69, 9.17) is 9.84 Å². The van der Waals surface area contributed by atoms with Gasteiger partial charge in [0.05, 0.1) is 12.3 Å². The van der Waals surface area contributed by atoms with Gasteiger partial charge in [0.2, 0.25) is 0 Å². The van der Waals surface area contributed by atoms with Crippen molar-refractivity contribution in [2.75, 3.05) is 6.66 Å². The second-order valence-electron chi connectivity index (χ2n) is 3.65. The zero-order chi connectivity index (χ0) is 13.8. The summed E-state index contributed by atoms with van der Waals surface area (Å²) in [5.41, 5.74) is -0.0478. The highest BCUT2D eigenvalue weighted by atomic mass is 31.1. The largest absolute Gasteiger partial charge is 0.451 e. The van der Waals surface area contributed by atoms with Crippen LogP contribution in [0.4, 0.5) is 4.39 Å². The standard InChI is InChI=1S/C12H12FN2O3P/c1-19-15-12(17)11(6-9(7-16)14-15)18-10-4-2-8(13)3-5-10/h2-6,16,19H,7H2,1H3. The first-order valence-corrected chi connectivity index (χ1v) is 6.94. The summed E-state index contributed by atoms with van der Waals surface area (Å²) < 4.78 is 19.4. The molecule has 1 atom stereocenters. The Kier molecular flexibility index (Phi) is 4.24. The van der Waals surface area contributed by atoms with Gasteiger partial charge in [0.15, 0.2) is 5.75 Å². The number of aliphatic hydroxyl groups excluding tert-OH is 1. The molecule has 1 unspecified atom stereocenters. The number of benzene rings is 1. The highest BCUT2D eigenvalue weighted by Gasteiger charge is 2.09. The number of aliphatic hydroxyl groups is 1. The normalized spacial score (nSPS) is 11.1. The molecule has 1 aromatic carbocycles. The third kappa shape index (κ3) is 3.16. The summed E-state index contributed by atoms with van der Waals surface area (Å²) in [6, 6.07) is 6.70. The average Bonchev–Trinajstić information content (AvgIpc) is 2.43. The maximum absolute atomic E-state index is 12.8. The molecule has 2 aromatic rings. The third-order valence-electron chi connectivity index (χ3n) is 2.34. The molecule has 0 spiro atoms. The van der Waals surface area contributed by atoms with Gasteiger partial charge in [-0.15, -0.1) is 0 Å². The molecule has 0 saturated carbocycles. The zero-order valence-electron chi connectivity index (χ0n) is 10.1. The Balaban J connectivity index is 2.38. The van der Waals surface area contributed by atoms with E-state index in [2.05, 4.69) is 5.10 Å². The van der Waals surface area contributed by atoms with Crippen LogP contribution in [0.1, 0.15) is 5.69 Å². The fourth-order valence-corrected chi connectivity index (χ4v) is 1.99. The fourth-order valence-electron chi connectivity index (χ4n) is 1.45. The lowest BCUT2D eigenvalue weighted by atomic mass is 10.3. The lowest BCUT2D eigenvalue weighted by molar-refractivity contribution is 0.273. The van der Waals surface area contributed by atoms with E-state index in [1.54, 1.807) is 6.66 Å². The van der Waals surface area contributed by atoms with Gasteiger partial charge in [-0.25, -0.2) is 8.84 Å². The van der Waals surface area contributed by atoms with Gasteiger partial charge in [0.25, 0.3) is 0 Å². The number of ether oxygens (including phenoxy) is 1. The van der Waals surface area contributed by atoms with E-state index in [0.29, 0.717) is 11.4 Å². The molecule has 0 aliphatic heterocycles. The Bertz CT molecular complexity index is 628. The second kappa shape index (κ2) is 5.91. The van der Waals surface area contributed by atoms with E-state index >= 15 is 0 Å².